The number of hydrogen-bond acceptors (Lipinski definition) is 7. The molecule has 1 aromatic carbocycles. The molecule has 1 saturated carbocycles. The SMILES string of the molecule is C[C@@H]1C[C@@H](Nc2cc(Cl)nc3cc(-c4nc(-c5ccccc5)cs4)nn23)[C@H](O)[C@@H]1O. The molecular formula is C21H20ClN5O2S. The van der Waals surface area contributed by atoms with Gasteiger partial charge in [0.1, 0.15) is 27.8 Å². The van der Waals surface area contributed by atoms with E-state index in [1.165, 1.54) is 11.3 Å². The predicted octanol–water partition coefficient (Wildman–Crippen LogP) is 3.72. The van der Waals surface area contributed by atoms with E-state index in [0.29, 0.717) is 28.7 Å². The lowest BCUT2D eigenvalue weighted by Gasteiger charge is -2.19. The minimum atomic E-state index is -0.857. The molecule has 1 fully saturated rings. The topological polar surface area (TPSA) is 95.6 Å². The zero-order valence-corrected chi connectivity index (χ0v) is 17.7. The molecule has 9 heteroatoms. The summed E-state index contributed by atoms with van der Waals surface area (Å²) >= 11 is 7.74. The zero-order valence-electron chi connectivity index (χ0n) is 16.1. The first-order chi connectivity index (χ1) is 14.5. The normalized spacial score (nSPS) is 23.9. The Bertz CT molecular complexity index is 1190. The summed E-state index contributed by atoms with van der Waals surface area (Å²) < 4.78 is 1.66. The van der Waals surface area contributed by atoms with Gasteiger partial charge in [0.25, 0.3) is 0 Å². The lowest BCUT2D eigenvalue weighted by atomic mass is 10.1. The highest BCUT2D eigenvalue weighted by atomic mass is 35.5. The van der Waals surface area contributed by atoms with Crippen LogP contribution in [-0.4, -0.2) is 48.0 Å². The Kier molecular flexibility index (Phi) is 4.94. The lowest BCUT2D eigenvalue weighted by molar-refractivity contribution is 0.0210. The van der Waals surface area contributed by atoms with Crippen LogP contribution < -0.4 is 5.32 Å². The summed E-state index contributed by atoms with van der Waals surface area (Å²) in [4.78, 5) is 9.08. The molecule has 7 nitrogen and oxygen atoms in total. The number of benzene rings is 1. The fourth-order valence-corrected chi connectivity index (χ4v) is 4.85. The predicted molar refractivity (Wildman–Crippen MR) is 118 cm³/mol. The summed E-state index contributed by atoms with van der Waals surface area (Å²) in [6.07, 6.45) is -0.968. The number of aromatic nitrogens is 4. The van der Waals surface area contributed by atoms with Crippen molar-refractivity contribution in [2.45, 2.75) is 31.6 Å². The Labute approximate surface area is 182 Å². The van der Waals surface area contributed by atoms with Crippen molar-refractivity contribution < 1.29 is 10.2 Å². The first kappa shape index (κ1) is 19.4. The summed E-state index contributed by atoms with van der Waals surface area (Å²) in [6.45, 7) is 1.92. The maximum absolute atomic E-state index is 10.3. The number of halogens is 1. The molecule has 0 radical (unpaired) electrons. The van der Waals surface area contributed by atoms with Crippen LogP contribution in [-0.2, 0) is 0 Å². The first-order valence-electron chi connectivity index (χ1n) is 9.70. The van der Waals surface area contributed by atoms with Crippen molar-refractivity contribution in [2.75, 3.05) is 5.32 Å². The van der Waals surface area contributed by atoms with Gasteiger partial charge in [-0.1, -0.05) is 48.9 Å². The van der Waals surface area contributed by atoms with E-state index in [0.717, 1.165) is 16.3 Å². The van der Waals surface area contributed by atoms with E-state index in [1.807, 2.05) is 48.7 Å². The molecule has 0 amide bonds. The van der Waals surface area contributed by atoms with Gasteiger partial charge in [0.2, 0.25) is 0 Å². The maximum atomic E-state index is 10.3. The number of rotatable bonds is 4. The molecule has 4 atom stereocenters. The molecule has 0 saturated heterocycles. The number of anilines is 1. The van der Waals surface area contributed by atoms with Crippen LogP contribution >= 0.6 is 22.9 Å². The van der Waals surface area contributed by atoms with Gasteiger partial charge < -0.3 is 15.5 Å². The van der Waals surface area contributed by atoms with Crippen LogP contribution in [0.5, 0.6) is 0 Å². The van der Waals surface area contributed by atoms with Crippen LogP contribution in [0, 0.1) is 5.92 Å². The number of aliphatic hydroxyl groups is 2. The van der Waals surface area contributed by atoms with E-state index in [4.69, 9.17) is 16.6 Å². The van der Waals surface area contributed by atoms with Gasteiger partial charge in [-0.15, -0.1) is 11.3 Å². The molecule has 0 aliphatic heterocycles. The Hall–Kier alpha value is -2.52. The molecule has 0 unspecified atom stereocenters. The van der Waals surface area contributed by atoms with Crippen molar-refractivity contribution >= 4 is 34.4 Å². The quantitative estimate of drug-likeness (QED) is 0.418. The van der Waals surface area contributed by atoms with Crippen molar-refractivity contribution in [1.29, 1.82) is 0 Å². The van der Waals surface area contributed by atoms with E-state index < -0.39 is 12.2 Å². The molecule has 3 N–H and O–H groups in total. The Morgan fingerprint density at radius 1 is 1.10 bits per heavy atom. The van der Waals surface area contributed by atoms with Gasteiger partial charge >= 0.3 is 0 Å². The number of nitrogens with zero attached hydrogens (tertiary/aromatic N) is 4. The maximum Gasteiger partial charge on any atom is 0.159 e. The highest BCUT2D eigenvalue weighted by Gasteiger charge is 2.39. The van der Waals surface area contributed by atoms with Crippen molar-refractivity contribution in [3.63, 3.8) is 0 Å². The highest BCUT2D eigenvalue weighted by molar-refractivity contribution is 7.13. The van der Waals surface area contributed by atoms with Crippen molar-refractivity contribution in [2.24, 2.45) is 5.92 Å². The monoisotopic (exact) mass is 441 g/mol. The molecular weight excluding hydrogens is 422 g/mol. The van der Waals surface area contributed by atoms with Gasteiger partial charge in [-0.3, -0.25) is 0 Å². The average molecular weight is 442 g/mol. The van der Waals surface area contributed by atoms with Crippen LogP contribution in [0.15, 0.2) is 47.8 Å². The van der Waals surface area contributed by atoms with Gasteiger partial charge in [0.05, 0.1) is 17.8 Å². The lowest BCUT2D eigenvalue weighted by Crippen LogP contribution is -2.35. The molecule has 0 bridgehead atoms. The summed E-state index contributed by atoms with van der Waals surface area (Å²) in [5.74, 6) is 0.617. The fraction of sp³-hybridized carbons (Fsp3) is 0.286. The first-order valence-corrected chi connectivity index (χ1v) is 11.0. The summed E-state index contributed by atoms with van der Waals surface area (Å²) in [7, 11) is 0. The number of fused-ring (bicyclic) bond motifs is 1. The number of nitrogens with one attached hydrogen (secondary N) is 1. The third-order valence-electron chi connectivity index (χ3n) is 5.49. The zero-order chi connectivity index (χ0) is 20.8. The van der Waals surface area contributed by atoms with Crippen LogP contribution in [0.1, 0.15) is 13.3 Å². The number of thiazole rings is 1. The molecule has 3 heterocycles. The van der Waals surface area contributed by atoms with Crippen molar-refractivity contribution in [3.8, 4) is 22.0 Å². The minimum Gasteiger partial charge on any atom is -0.390 e. The van der Waals surface area contributed by atoms with Crippen molar-refractivity contribution in [1.82, 2.24) is 19.6 Å². The second-order valence-corrected chi connectivity index (χ2v) is 8.86. The van der Waals surface area contributed by atoms with E-state index >= 15 is 0 Å². The number of hydrogen-bond donors (Lipinski definition) is 3. The number of aliphatic hydroxyl groups excluding tert-OH is 2. The molecule has 0 spiro atoms. The summed E-state index contributed by atoms with van der Waals surface area (Å²) in [6, 6.07) is 13.2. The largest absolute Gasteiger partial charge is 0.390 e. The average Bonchev–Trinajstić information content (AvgIpc) is 3.44. The summed E-state index contributed by atoms with van der Waals surface area (Å²) in [5.41, 5.74) is 3.22. The third kappa shape index (κ3) is 3.45. The van der Waals surface area contributed by atoms with E-state index in [-0.39, 0.29) is 12.0 Å². The molecule has 3 aromatic heterocycles. The van der Waals surface area contributed by atoms with E-state index in [2.05, 4.69) is 15.4 Å². The Morgan fingerprint density at radius 3 is 2.63 bits per heavy atom. The Morgan fingerprint density at radius 2 is 1.90 bits per heavy atom. The van der Waals surface area contributed by atoms with Gasteiger partial charge in [-0.2, -0.15) is 9.61 Å². The van der Waals surface area contributed by atoms with E-state index in [1.54, 1.807) is 10.6 Å². The standard InChI is InChI=1S/C21H20ClN5O2S/c1-11-7-13(20(29)19(11)28)23-18-9-16(22)25-17-8-14(26-27(17)18)21-24-15(10-30-21)12-5-3-2-4-6-12/h2-6,8-11,13,19-20,23,28-29H,7H2,1H3/t11-,13-,19-,20+/m1/s1. The molecule has 1 aliphatic carbocycles. The van der Waals surface area contributed by atoms with Crippen LogP contribution in [0.2, 0.25) is 5.15 Å². The van der Waals surface area contributed by atoms with E-state index in [9.17, 15) is 10.2 Å². The van der Waals surface area contributed by atoms with Crippen LogP contribution in [0.25, 0.3) is 27.6 Å². The Balaban J connectivity index is 1.49. The molecule has 154 valence electrons. The van der Waals surface area contributed by atoms with Gasteiger partial charge in [-0.25, -0.2) is 9.97 Å². The van der Waals surface area contributed by atoms with Crippen LogP contribution in [0.4, 0.5) is 5.82 Å². The molecule has 1 aliphatic rings. The fourth-order valence-electron chi connectivity index (χ4n) is 3.87. The molecule has 5 rings (SSSR count). The molecule has 30 heavy (non-hydrogen) atoms. The smallest absolute Gasteiger partial charge is 0.159 e. The second kappa shape index (κ2) is 7.63. The van der Waals surface area contributed by atoms with Gasteiger partial charge in [0, 0.05) is 23.1 Å². The van der Waals surface area contributed by atoms with Gasteiger partial charge in [0.15, 0.2) is 5.65 Å². The summed E-state index contributed by atoms with van der Waals surface area (Å²) in [5, 5.41) is 31.5. The van der Waals surface area contributed by atoms with Gasteiger partial charge in [-0.05, 0) is 12.3 Å². The minimum absolute atomic E-state index is 0.00482. The third-order valence-corrected chi connectivity index (χ3v) is 6.55. The molecule has 4 aromatic rings. The van der Waals surface area contributed by atoms with Crippen LogP contribution in [0.3, 0.4) is 0 Å². The van der Waals surface area contributed by atoms with Crippen molar-refractivity contribution in [3.05, 3.63) is 53.0 Å². The second-order valence-electron chi connectivity index (χ2n) is 7.61. The highest BCUT2D eigenvalue weighted by Crippen LogP contribution is 2.32.